The van der Waals surface area contributed by atoms with Crippen molar-refractivity contribution < 1.29 is 0 Å². The maximum Gasteiger partial charge on any atom is 0.116 e. The summed E-state index contributed by atoms with van der Waals surface area (Å²) in [5.41, 5.74) is 7.95. The van der Waals surface area contributed by atoms with E-state index < -0.39 is 0 Å². The average Bonchev–Trinajstić information content (AvgIpc) is 2.30. The van der Waals surface area contributed by atoms with Crippen molar-refractivity contribution in [3.05, 3.63) is 42.5 Å². The molecule has 2 heterocycles. The van der Waals surface area contributed by atoms with Crippen molar-refractivity contribution in [2.75, 3.05) is 0 Å². The highest BCUT2D eigenvalue weighted by Gasteiger charge is 2.00. The van der Waals surface area contributed by atoms with Crippen LogP contribution in [0.5, 0.6) is 0 Å². The van der Waals surface area contributed by atoms with E-state index in [1.807, 2.05) is 24.3 Å². The van der Waals surface area contributed by atoms with Crippen molar-refractivity contribution >= 4 is 12.4 Å². The highest BCUT2D eigenvalue weighted by molar-refractivity contribution is 5.85. The molecule has 0 saturated carbocycles. The van der Waals surface area contributed by atoms with E-state index in [2.05, 4.69) is 15.0 Å². The molecule has 0 unspecified atom stereocenters. The highest BCUT2D eigenvalue weighted by atomic mass is 35.5. The first-order valence-electron chi connectivity index (χ1n) is 4.32. The molecule has 0 radical (unpaired) electrons. The van der Waals surface area contributed by atoms with E-state index in [0.717, 1.165) is 17.1 Å². The Bertz CT molecular complexity index is 419. The van der Waals surface area contributed by atoms with E-state index in [1.54, 1.807) is 6.20 Å². The topological polar surface area (TPSA) is 64.7 Å². The molecule has 2 N–H and O–H groups in total. The predicted octanol–water partition coefficient (Wildman–Crippen LogP) is 1.42. The molecule has 4 nitrogen and oxygen atoms in total. The van der Waals surface area contributed by atoms with Crippen LogP contribution >= 0.6 is 12.4 Å². The molecule has 0 aliphatic heterocycles. The Labute approximate surface area is 94.0 Å². The second-order valence-corrected chi connectivity index (χ2v) is 2.81. The van der Waals surface area contributed by atoms with Gasteiger partial charge in [-0.15, -0.1) is 12.4 Å². The molecule has 2 rings (SSSR count). The quantitative estimate of drug-likeness (QED) is 0.835. The van der Waals surface area contributed by atoms with Crippen LogP contribution in [-0.2, 0) is 6.54 Å². The van der Waals surface area contributed by atoms with E-state index in [9.17, 15) is 0 Å². The van der Waals surface area contributed by atoms with E-state index in [1.165, 1.54) is 6.33 Å². The third-order valence-corrected chi connectivity index (χ3v) is 1.86. The lowest BCUT2D eigenvalue weighted by molar-refractivity contribution is 0.964. The van der Waals surface area contributed by atoms with Gasteiger partial charge in [0.1, 0.15) is 6.33 Å². The maximum absolute atomic E-state index is 5.49. The smallest absolute Gasteiger partial charge is 0.116 e. The fraction of sp³-hybridized carbons (Fsp3) is 0.100. The van der Waals surface area contributed by atoms with Crippen LogP contribution in [0.3, 0.4) is 0 Å². The van der Waals surface area contributed by atoms with Crippen LogP contribution < -0.4 is 5.73 Å². The average molecular weight is 223 g/mol. The number of rotatable bonds is 2. The van der Waals surface area contributed by atoms with E-state index >= 15 is 0 Å². The van der Waals surface area contributed by atoms with Gasteiger partial charge in [-0.25, -0.2) is 9.97 Å². The van der Waals surface area contributed by atoms with Crippen LogP contribution in [0.1, 0.15) is 5.69 Å². The largest absolute Gasteiger partial charge is 0.325 e. The van der Waals surface area contributed by atoms with E-state index in [0.29, 0.717) is 6.54 Å². The molecular formula is C10H11ClN4. The Balaban J connectivity index is 0.00000112. The lowest BCUT2D eigenvalue weighted by atomic mass is 10.2. The zero-order chi connectivity index (χ0) is 9.80. The predicted molar refractivity (Wildman–Crippen MR) is 60.4 cm³/mol. The third kappa shape index (κ3) is 2.71. The van der Waals surface area contributed by atoms with Gasteiger partial charge in [0.05, 0.1) is 17.1 Å². The van der Waals surface area contributed by atoms with Crippen molar-refractivity contribution in [2.24, 2.45) is 5.73 Å². The summed E-state index contributed by atoms with van der Waals surface area (Å²) < 4.78 is 0. The van der Waals surface area contributed by atoms with Crippen molar-refractivity contribution in [1.82, 2.24) is 15.0 Å². The van der Waals surface area contributed by atoms with E-state index in [-0.39, 0.29) is 12.4 Å². The van der Waals surface area contributed by atoms with Gasteiger partial charge >= 0.3 is 0 Å². The summed E-state index contributed by atoms with van der Waals surface area (Å²) in [5.74, 6) is 0. The third-order valence-electron chi connectivity index (χ3n) is 1.86. The van der Waals surface area contributed by atoms with Gasteiger partial charge in [-0.05, 0) is 18.2 Å². The molecule has 0 spiro atoms. The van der Waals surface area contributed by atoms with Crippen molar-refractivity contribution in [1.29, 1.82) is 0 Å². The SMILES string of the molecule is Cl.NCc1cc(-c2ccccn2)ncn1. The molecule has 0 atom stereocenters. The van der Waals surface area contributed by atoms with Gasteiger partial charge in [0.2, 0.25) is 0 Å². The van der Waals surface area contributed by atoms with Crippen LogP contribution in [0.25, 0.3) is 11.4 Å². The van der Waals surface area contributed by atoms with Gasteiger partial charge in [-0.2, -0.15) is 0 Å². The van der Waals surface area contributed by atoms with Crippen molar-refractivity contribution in [3.8, 4) is 11.4 Å². The van der Waals surface area contributed by atoms with Crippen LogP contribution in [0.15, 0.2) is 36.8 Å². The Kier molecular flexibility index (Phi) is 4.15. The van der Waals surface area contributed by atoms with Crippen LogP contribution in [0, 0.1) is 0 Å². The fourth-order valence-electron chi connectivity index (χ4n) is 1.16. The summed E-state index contributed by atoms with van der Waals surface area (Å²) in [4.78, 5) is 12.3. The zero-order valence-electron chi connectivity index (χ0n) is 8.00. The lowest BCUT2D eigenvalue weighted by Gasteiger charge is -2.00. The molecular weight excluding hydrogens is 212 g/mol. The summed E-state index contributed by atoms with van der Waals surface area (Å²) in [6.07, 6.45) is 3.24. The number of pyridine rings is 1. The minimum absolute atomic E-state index is 0. The molecule has 2 aromatic rings. The van der Waals surface area contributed by atoms with Gasteiger partial charge in [0, 0.05) is 12.7 Å². The van der Waals surface area contributed by atoms with Gasteiger partial charge in [-0.3, -0.25) is 4.98 Å². The minimum Gasteiger partial charge on any atom is -0.325 e. The zero-order valence-corrected chi connectivity index (χ0v) is 8.81. The van der Waals surface area contributed by atoms with Crippen LogP contribution in [0.2, 0.25) is 0 Å². The number of nitrogens with two attached hydrogens (primary N) is 1. The van der Waals surface area contributed by atoms with Crippen molar-refractivity contribution in [2.45, 2.75) is 6.54 Å². The summed E-state index contributed by atoms with van der Waals surface area (Å²) in [5, 5.41) is 0. The molecule has 15 heavy (non-hydrogen) atoms. The maximum atomic E-state index is 5.49. The molecule has 0 aliphatic carbocycles. The fourth-order valence-corrected chi connectivity index (χ4v) is 1.16. The van der Waals surface area contributed by atoms with Gasteiger partial charge < -0.3 is 5.73 Å². The summed E-state index contributed by atoms with van der Waals surface area (Å²) in [7, 11) is 0. The molecule has 0 aromatic carbocycles. The second-order valence-electron chi connectivity index (χ2n) is 2.81. The summed E-state index contributed by atoms with van der Waals surface area (Å²) in [6, 6.07) is 7.55. The monoisotopic (exact) mass is 222 g/mol. The Morgan fingerprint density at radius 1 is 1.07 bits per heavy atom. The summed E-state index contributed by atoms with van der Waals surface area (Å²) in [6.45, 7) is 0.419. The minimum atomic E-state index is 0. The van der Waals surface area contributed by atoms with Gasteiger partial charge in [0.15, 0.2) is 0 Å². The number of hydrogen-bond donors (Lipinski definition) is 1. The number of hydrogen-bond acceptors (Lipinski definition) is 4. The standard InChI is InChI=1S/C10H10N4.ClH/c11-6-8-5-10(14-7-13-8)9-3-1-2-4-12-9;/h1-5,7H,6,11H2;1H. The normalized spacial score (nSPS) is 9.40. The van der Waals surface area contributed by atoms with Crippen LogP contribution in [-0.4, -0.2) is 15.0 Å². The summed E-state index contributed by atoms with van der Waals surface area (Å²) >= 11 is 0. The van der Waals surface area contributed by atoms with Crippen molar-refractivity contribution in [3.63, 3.8) is 0 Å². The number of aromatic nitrogens is 3. The second kappa shape index (κ2) is 5.38. The molecule has 0 saturated heterocycles. The lowest BCUT2D eigenvalue weighted by Crippen LogP contribution is -2.00. The van der Waals surface area contributed by atoms with Gasteiger partial charge in [-0.1, -0.05) is 6.07 Å². The molecule has 0 bridgehead atoms. The highest BCUT2D eigenvalue weighted by Crippen LogP contribution is 2.12. The Hall–Kier alpha value is -1.52. The number of nitrogens with zero attached hydrogens (tertiary/aromatic N) is 3. The van der Waals surface area contributed by atoms with Gasteiger partial charge in [0.25, 0.3) is 0 Å². The molecule has 78 valence electrons. The Morgan fingerprint density at radius 3 is 2.60 bits per heavy atom. The molecule has 0 aliphatic rings. The molecule has 0 amide bonds. The first-order valence-corrected chi connectivity index (χ1v) is 4.32. The first kappa shape index (κ1) is 11.6. The van der Waals surface area contributed by atoms with Crippen LogP contribution in [0.4, 0.5) is 0 Å². The number of halogens is 1. The van der Waals surface area contributed by atoms with E-state index in [4.69, 9.17) is 5.73 Å². The molecule has 5 heteroatoms. The molecule has 0 fully saturated rings. The first-order chi connectivity index (χ1) is 6.90. The Morgan fingerprint density at radius 2 is 1.93 bits per heavy atom. The molecule has 2 aromatic heterocycles.